The van der Waals surface area contributed by atoms with Crippen LogP contribution in [0.4, 0.5) is 10.8 Å². The zero-order valence-electron chi connectivity index (χ0n) is 13.3. The molecule has 25 heavy (non-hydrogen) atoms. The highest BCUT2D eigenvalue weighted by molar-refractivity contribution is 8.01. The van der Waals surface area contributed by atoms with Gasteiger partial charge in [0.2, 0.25) is 5.13 Å². The lowest BCUT2D eigenvalue weighted by Crippen LogP contribution is -2.12. The first-order valence-electron chi connectivity index (χ1n) is 7.09. The van der Waals surface area contributed by atoms with E-state index in [1.807, 2.05) is 0 Å². The van der Waals surface area contributed by atoms with Crippen LogP contribution in [0.3, 0.4) is 0 Å². The number of nitrogens with one attached hydrogen (secondary N) is 1. The van der Waals surface area contributed by atoms with Crippen LogP contribution in [0.5, 0.6) is 0 Å². The Hall–Kier alpha value is -2.53. The molecule has 0 saturated heterocycles. The third kappa shape index (κ3) is 5.22. The van der Waals surface area contributed by atoms with Crippen LogP contribution in [0.15, 0.2) is 22.5 Å². The SMILES string of the molecule is CCOC(=O)CSc1nnc(NC(=O)c2ccc(C)c([N+](=O)[O-])c2)s1. The first-order chi connectivity index (χ1) is 11.9. The molecule has 11 heteroatoms. The van der Waals surface area contributed by atoms with Crippen molar-refractivity contribution >= 4 is 45.8 Å². The number of hydrogen-bond donors (Lipinski definition) is 1. The van der Waals surface area contributed by atoms with Gasteiger partial charge in [-0.15, -0.1) is 10.2 Å². The second-order valence-corrected chi connectivity index (χ2v) is 6.88. The van der Waals surface area contributed by atoms with Crippen LogP contribution in [0.1, 0.15) is 22.8 Å². The molecule has 0 spiro atoms. The Kier molecular flexibility index (Phi) is 6.42. The highest BCUT2D eigenvalue weighted by Gasteiger charge is 2.16. The summed E-state index contributed by atoms with van der Waals surface area (Å²) in [7, 11) is 0. The third-order valence-electron chi connectivity index (χ3n) is 2.91. The average Bonchev–Trinajstić information content (AvgIpc) is 3.00. The summed E-state index contributed by atoms with van der Waals surface area (Å²) in [6, 6.07) is 4.21. The maximum atomic E-state index is 12.2. The molecule has 0 atom stereocenters. The fourth-order valence-electron chi connectivity index (χ4n) is 1.76. The first kappa shape index (κ1) is 18.8. The summed E-state index contributed by atoms with van der Waals surface area (Å²) < 4.78 is 5.30. The molecular weight excluding hydrogens is 368 g/mol. The van der Waals surface area contributed by atoms with Crippen molar-refractivity contribution in [2.45, 2.75) is 18.2 Å². The lowest BCUT2D eigenvalue weighted by atomic mass is 10.1. The summed E-state index contributed by atoms with van der Waals surface area (Å²) in [5.41, 5.74) is 0.485. The number of nitro benzene ring substituents is 1. The molecule has 132 valence electrons. The number of nitro groups is 1. The van der Waals surface area contributed by atoms with Crippen LogP contribution in [-0.4, -0.2) is 39.4 Å². The molecule has 0 aliphatic carbocycles. The number of hydrogen-bond acceptors (Lipinski definition) is 9. The molecule has 1 heterocycles. The van der Waals surface area contributed by atoms with Crippen molar-refractivity contribution in [2.75, 3.05) is 17.7 Å². The molecule has 0 aliphatic rings. The molecule has 1 aromatic carbocycles. The van der Waals surface area contributed by atoms with Crippen molar-refractivity contribution in [3.63, 3.8) is 0 Å². The summed E-state index contributed by atoms with van der Waals surface area (Å²) in [6.07, 6.45) is 0. The van der Waals surface area contributed by atoms with Crippen molar-refractivity contribution < 1.29 is 19.2 Å². The number of amides is 1. The van der Waals surface area contributed by atoms with E-state index in [0.717, 1.165) is 23.1 Å². The number of benzene rings is 1. The van der Waals surface area contributed by atoms with Gasteiger partial charge >= 0.3 is 5.97 Å². The van der Waals surface area contributed by atoms with Crippen LogP contribution >= 0.6 is 23.1 Å². The molecule has 0 unspecified atom stereocenters. The van der Waals surface area contributed by atoms with Crippen LogP contribution in [0, 0.1) is 17.0 Å². The van der Waals surface area contributed by atoms with Crippen molar-refractivity contribution in [3.05, 3.63) is 39.4 Å². The predicted molar refractivity (Wildman–Crippen MR) is 93.1 cm³/mol. The minimum absolute atomic E-state index is 0.0978. The molecule has 1 aromatic heterocycles. The summed E-state index contributed by atoms with van der Waals surface area (Å²) >= 11 is 2.25. The van der Waals surface area contributed by atoms with E-state index in [1.54, 1.807) is 13.8 Å². The Morgan fingerprint density at radius 3 is 2.84 bits per heavy atom. The smallest absolute Gasteiger partial charge is 0.316 e. The second kappa shape index (κ2) is 8.53. The molecule has 0 bridgehead atoms. The Morgan fingerprint density at radius 1 is 1.40 bits per heavy atom. The number of anilines is 1. The Balaban J connectivity index is 2.00. The van der Waals surface area contributed by atoms with E-state index in [2.05, 4.69) is 15.5 Å². The van der Waals surface area contributed by atoms with Crippen molar-refractivity contribution in [1.29, 1.82) is 0 Å². The molecule has 1 amide bonds. The molecule has 0 radical (unpaired) electrons. The van der Waals surface area contributed by atoms with Gasteiger partial charge in [0.05, 0.1) is 17.3 Å². The Bertz CT molecular complexity index is 808. The number of aromatic nitrogens is 2. The van der Waals surface area contributed by atoms with E-state index in [9.17, 15) is 19.7 Å². The summed E-state index contributed by atoms with van der Waals surface area (Å²) in [6.45, 7) is 3.62. The Labute approximate surface area is 150 Å². The summed E-state index contributed by atoms with van der Waals surface area (Å²) in [5.74, 6) is -0.790. The number of rotatable bonds is 7. The van der Waals surface area contributed by atoms with Gasteiger partial charge in [-0.1, -0.05) is 29.2 Å². The minimum Gasteiger partial charge on any atom is -0.465 e. The number of carbonyl (C=O) groups is 2. The van der Waals surface area contributed by atoms with E-state index >= 15 is 0 Å². The normalized spacial score (nSPS) is 10.3. The first-order valence-corrected chi connectivity index (χ1v) is 8.89. The summed E-state index contributed by atoms with van der Waals surface area (Å²) in [4.78, 5) is 33.9. The fourth-order valence-corrected chi connectivity index (χ4v) is 3.30. The van der Waals surface area contributed by atoms with Crippen molar-refractivity contribution in [3.8, 4) is 0 Å². The molecule has 0 aliphatic heterocycles. The van der Waals surface area contributed by atoms with Crippen molar-refractivity contribution in [1.82, 2.24) is 10.2 Å². The number of nitrogens with zero attached hydrogens (tertiary/aromatic N) is 3. The van der Waals surface area contributed by atoms with E-state index in [-0.39, 0.29) is 28.1 Å². The maximum absolute atomic E-state index is 12.2. The van der Waals surface area contributed by atoms with Gasteiger partial charge in [0.25, 0.3) is 11.6 Å². The molecule has 0 fully saturated rings. The highest BCUT2D eigenvalue weighted by Crippen LogP contribution is 2.26. The third-order valence-corrected chi connectivity index (χ3v) is 4.86. The van der Waals surface area contributed by atoms with Gasteiger partial charge < -0.3 is 4.74 Å². The van der Waals surface area contributed by atoms with Gasteiger partial charge in [0.15, 0.2) is 4.34 Å². The van der Waals surface area contributed by atoms with Crippen LogP contribution in [-0.2, 0) is 9.53 Å². The fraction of sp³-hybridized carbons (Fsp3) is 0.286. The molecule has 2 rings (SSSR count). The Morgan fingerprint density at radius 2 is 2.16 bits per heavy atom. The van der Waals surface area contributed by atoms with Gasteiger partial charge in [-0.05, 0) is 19.9 Å². The average molecular weight is 382 g/mol. The van der Waals surface area contributed by atoms with E-state index in [4.69, 9.17) is 4.74 Å². The zero-order chi connectivity index (χ0) is 18.4. The second-order valence-electron chi connectivity index (χ2n) is 4.68. The number of aryl methyl sites for hydroxylation is 1. The minimum atomic E-state index is -0.540. The maximum Gasteiger partial charge on any atom is 0.316 e. The van der Waals surface area contributed by atoms with Crippen LogP contribution < -0.4 is 5.32 Å². The highest BCUT2D eigenvalue weighted by atomic mass is 32.2. The molecule has 9 nitrogen and oxygen atoms in total. The quantitative estimate of drug-likeness (QED) is 0.255. The number of thioether (sulfide) groups is 1. The number of carbonyl (C=O) groups excluding carboxylic acids is 2. The molecular formula is C14H14N4O5S2. The summed E-state index contributed by atoms with van der Waals surface area (Å²) in [5, 5.41) is 21.4. The number of esters is 1. The standard InChI is InChI=1S/C14H14N4O5S2/c1-3-23-11(19)7-24-14-17-16-13(25-14)15-12(20)9-5-4-8(2)10(6-9)18(21)22/h4-6H,3,7H2,1-2H3,(H,15,16,20). The molecule has 1 N–H and O–H groups in total. The van der Waals surface area contributed by atoms with Gasteiger partial charge in [0.1, 0.15) is 0 Å². The number of ether oxygens (including phenoxy) is 1. The lowest BCUT2D eigenvalue weighted by molar-refractivity contribution is -0.385. The molecule has 0 saturated carbocycles. The van der Waals surface area contributed by atoms with E-state index in [0.29, 0.717) is 16.5 Å². The lowest BCUT2D eigenvalue weighted by Gasteiger charge is -2.02. The van der Waals surface area contributed by atoms with Crippen LogP contribution in [0.2, 0.25) is 0 Å². The van der Waals surface area contributed by atoms with Crippen molar-refractivity contribution in [2.24, 2.45) is 0 Å². The van der Waals surface area contributed by atoms with Gasteiger partial charge in [-0.25, -0.2) is 0 Å². The van der Waals surface area contributed by atoms with Gasteiger partial charge in [0, 0.05) is 17.2 Å². The predicted octanol–water partition coefficient (Wildman–Crippen LogP) is 2.66. The van der Waals surface area contributed by atoms with Gasteiger partial charge in [-0.3, -0.25) is 25.0 Å². The topological polar surface area (TPSA) is 124 Å². The van der Waals surface area contributed by atoms with E-state index in [1.165, 1.54) is 18.2 Å². The van der Waals surface area contributed by atoms with Crippen LogP contribution in [0.25, 0.3) is 0 Å². The van der Waals surface area contributed by atoms with E-state index < -0.39 is 10.8 Å². The zero-order valence-corrected chi connectivity index (χ0v) is 15.0. The van der Waals surface area contributed by atoms with Gasteiger partial charge in [-0.2, -0.15) is 0 Å². The largest absolute Gasteiger partial charge is 0.465 e. The monoisotopic (exact) mass is 382 g/mol. The molecule has 2 aromatic rings.